The second kappa shape index (κ2) is 5.97. The minimum atomic E-state index is -0.370. The van der Waals surface area contributed by atoms with E-state index in [9.17, 15) is 9.90 Å². The van der Waals surface area contributed by atoms with E-state index in [0.717, 1.165) is 32.1 Å². The number of fused-ring (bicyclic) bond motifs is 1. The molecule has 0 bridgehead atoms. The number of hydrogen-bond donors (Lipinski definition) is 2. The van der Waals surface area contributed by atoms with Crippen LogP contribution >= 0.6 is 0 Å². The molecule has 23 heavy (non-hydrogen) atoms. The van der Waals surface area contributed by atoms with Crippen molar-refractivity contribution in [1.82, 2.24) is 5.32 Å². The van der Waals surface area contributed by atoms with Gasteiger partial charge in [-0.15, -0.1) is 0 Å². The molecule has 0 aromatic heterocycles. The Hall–Kier alpha value is -1.87. The number of aliphatic hydroxyl groups is 1. The molecule has 2 aliphatic carbocycles. The molecule has 4 rings (SSSR count). The number of aliphatic hydroxyl groups excluding tert-OH is 1. The zero-order valence-electron chi connectivity index (χ0n) is 13.2. The molecule has 2 saturated carbocycles. The Bertz CT molecular complexity index is 726. The summed E-state index contributed by atoms with van der Waals surface area (Å²) in [5.74, 6) is 0.528. The Kier molecular flexibility index (Phi) is 3.82. The van der Waals surface area contributed by atoms with Crippen LogP contribution in [0.25, 0.3) is 10.8 Å². The van der Waals surface area contributed by atoms with Crippen molar-refractivity contribution in [2.75, 3.05) is 0 Å². The van der Waals surface area contributed by atoms with Crippen LogP contribution in [-0.4, -0.2) is 23.2 Å². The summed E-state index contributed by atoms with van der Waals surface area (Å²) in [4.78, 5) is 12.4. The average molecular weight is 309 g/mol. The van der Waals surface area contributed by atoms with Crippen LogP contribution in [0.3, 0.4) is 0 Å². The molecular formula is C20H23NO2. The molecule has 0 aliphatic heterocycles. The number of hydrogen-bond acceptors (Lipinski definition) is 2. The third-order valence-electron chi connectivity index (χ3n) is 5.39. The number of rotatable bonds is 3. The van der Waals surface area contributed by atoms with E-state index < -0.39 is 0 Å². The van der Waals surface area contributed by atoms with Crippen molar-refractivity contribution >= 4 is 16.7 Å². The Morgan fingerprint density at radius 1 is 1.04 bits per heavy atom. The van der Waals surface area contributed by atoms with Crippen LogP contribution in [-0.2, 0) is 4.79 Å². The first kappa shape index (κ1) is 14.7. The Morgan fingerprint density at radius 2 is 1.83 bits per heavy atom. The van der Waals surface area contributed by atoms with Gasteiger partial charge in [0.15, 0.2) is 0 Å². The average Bonchev–Trinajstić information content (AvgIpc) is 3.37. The molecule has 0 heterocycles. The fraction of sp³-hybridized carbons (Fsp3) is 0.450. The molecule has 120 valence electrons. The molecule has 2 aromatic rings. The zero-order valence-corrected chi connectivity index (χ0v) is 13.2. The van der Waals surface area contributed by atoms with Gasteiger partial charge in [-0.2, -0.15) is 0 Å². The van der Waals surface area contributed by atoms with Gasteiger partial charge in [-0.05, 0) is 41.5 Å². The van der Waals surface area contributed by atoms with Crippen molar-refractivity contribution in [3.8, 4) is 0 Å². The molecule has 4 unspecified atom stereocenters. The van der Waals surface area contributed by atoms with Crippen molar-refractivity contribution in [3.05, 3.63) is 48.0 Å². The summed E-state index contributed by atoms with van der Waals surface area (Å²) in [5.41, 5.74) is 1.26. The summed E-state index contributed by atoms with van der Waals surface area (Å²) in [6, 6.07) is 14.8. The van der Waals surface area contributed by atoms with Crippen LogP contribution in [0.15, 0.2) is 42.5 Å². The van der Waals surface area contributed by atoms with Gasteiger partial charge in [-0.25, -0.2) is 0 Å². The molecule has 2 aromatic carbocycles. The quantitative estimate of drug-likeness (QED) is 0.913. The molecular weight excluding hydrogens is 286 g/mol. The number of nitrogens with one attached hydrogen (secondary N) is 1. The predicted octanol–water partition coefficient (Wildman–Crippen LogP) is 3.36. The summed E-state index contributed by atoms with van der Waals surface area (Å²) in [6.45, 7) is 0. The standard InChI is InChI=1S/C20H23NO2/c22-19-8-4-3-7-18(19)21-20(23)17-12-16(17)15-10-9-13-5-1-2-6-14(13)11-15/h1-2,5-6,9-11,16-19,22H,3-4,7-8,12H2,(H,21,23). The molecule has 0 spiro atoms. The first-order valence-corrected chi connectivity index (χ1v) is 8.69. The Balaban J connectivity index is 1.43. The van der Waals surface area contributed by atoms with E-state index in [1.807, 2.05) is 12.1 Å². The first-order chi connectivity index (χ1) is 11.2. The highest BCUT2D eigenvalue weighted by Gasteiger charge is 2.44. The molecule has 2 aliphatic rings. The molecule has 3 heteroatoms. The first-order valence-electron chi connectivity index (χ1n) is 8.69. The highest BCUT2D eigenvalue weighted by molar-refractivity contribution is 5.86. The second-order valence-corrected chi connectivity index (χ2v) is 7.02. The summed E-state index contributed by atoms with van der Waals surface area (Å²) in [7, 11) is 0. The van der Waals surface area contributed by atoms with Crippen LogP contribution in [0.2, 0.25) is 0 Å². The Morgan fingerprint density at radius 3 is 2.65 bits per heavy atom. The number of carbonyl (C=O) groups excluding carboxylic acids is 1. The van der Waals surface area contributed by atoms with Crippen molar-refractivity contribution in [2.45, 2.75) is 50.2 Å². The molecule has 2 fully saturated rings. The van der Waals surface area contributed by atoms with Crippen LogP contribution < -0.4 is 5.32 Å². The van der Waals surface area contributed by atoms with Crippen molar-refractivity contribution in [3.63, 3.8) is 0 Å². The molecule has 4 atom stereocenters. The van der Waals surface area contributed by atoms with Gasteiger partial charge in [0.2, 0.25) is 5.91 Å². The maximum absolute atomic E-state index is 12.4. The maximum Gasteiger partial charge on any atom is 0.224 e. The monoisotopic (exact) mass is 309 g/mol. The lowest BCUT2D eigenvalue weighted by Gasteiger charge is -2.28. The smallest absolute Gasteiger partial charge is 0.224 e. The zero-order chi connectivity index (χ0) is 15.8. The third-order valence-corrected chi connectivity index (χ3v) is 5.39. The fourth-order valence-corrected chi connectivity index (χ4v) is 3.86. The molecule has 0 radical (unpaired) electrons. The summed E-state index contributed by atoms with van der Waals surface area (Å²) in [5, 5.41) is 15.6. The van der Waals surface area contributed by atoms with Crippen molar-refractivity contribution in [2.24, 2.45) is 5.92 Å². The van der Waals surface area contributed by atoms with Gasteiger partial charge in [0.05, 0.1) is 12.1 Å². The van der Waals surface area contributed by atoms with E-state index >= 15 is 0 Å². The van der Waals surface area contributed by atoms with Crippen molar-refractivity contribution in [1.29, 1.82) is 0 Å². The fourth-order valence-electron chi connectivity index (χ4n) is 3.86. The van der Waals surface area contributed by atoms with Gasteiger partial charge in [-0.3, -0.25) is 4.79 Å². The molecule has 0 saturated heterocycles. The molecule has 3 nitrogen and oxygen atoms in total. The van der Waals surface area contributed by atoms with Gasteiger partial charge < -0.3 is 10.4 Å². The van der Waals surface area contributed by atoms with E-state index in [1.165, 1.54) is 16.3 Å². The van der Waals surface area contributed by atoms with Crippen molar-refractivity contribution < 1.29 is 9.90 Å². The lowest BCUT2D eigenvalue weighted by molar-refractivity contribution is -0.124. The number of amides is 1. The normalized spacial score (nSPS) is 30.1. The second-order valence-electron chi connectivity index (χ2n) is 7.02. The maximum atomic E-state index is 12.4. The summed E-state index contributed by atoms with van der Waals surface area (Å²) < 4.78 is 0. The largest absolute Gasteiger partial charge is 0.391 e. The summed E-state index contributed by atoms with van der Waals surface area (Å²) >= 11 is 0. The van der Waals surface area contributed by atoms with E-state index in [4.69, 9.17) is 0 Å². The van der Waals surface area contributed by atoms with E-state index in [-0.39, 0.29) is 24.0 Å². The number of benzene rings is 2. The van der Waals surface area contributed by atoms with Gasteiger partial charge in [0, 0.05) is 5.92 Å². The van der Waals surface area contributed by atoms with Crippen LogP contribution in [0.5, 0.6) is 0 Å². The van der Waals surface area contributed by atoms with E-state index in [0.29, 0.717) is 5.92 Å². The van der Waals surface area contributed by atoms with E-state index in [1.54, 1.807) is 0 Å². The third kappa shape index (κ3) is 2.98. The highest BCUT2D eigenvalue weighted by atomic mass is 16.3. The van der Waals surface area contributed by atoms with Crippen LogP contribution in [0.1, 0.15) is 43.6 Å². The van der Waals surface area contributed by atoms with Crippen LogP contribution in [0, 0.1) is 5.92 Å². The molecule has 1 amide bonds. The highest BCUT2D eigenvalue weighted by Crippen LogP contribution is 2.48. The SMILES string of the molecule is O=C(NC1CCCCC1O)C1CC1c1ccc2ccccc2c1. The van der Waals surface area contributed by atoms with E-state index in [2.05, 4.69) is 35.6 Å². The minimum Gasteiger partial charge on any atom is -0.391 e. The molecule has 2 N–H and O–H groups in total. The van der Waals surface area contributed by atoms with Gasteiger partial charge >= 0.3 is 0 Å². The topological polar surface area (TPSA) is 49.3 Å². The lowest BCUT2D eigenvalue weighted by atomic mass is 9.92. The van der Waals surface area contributed by atoms with Gasteiger partial charge in [0.25, 0.3) is 0 Å². The Labute approximate surface area is 136 Å². The lowest BCUT2D eigenvalue weighted by Crippen LogP contribution is -2.45. The summed E-state index contributed by atoms with van der Waals surface area (Å²) in [6.07, 6.45) is 4.43. The van der Waals surface area contributed by atoms with Crippen LogP contribution in [0.4, 0.5) is 0 Å². The number of carbonyl (C=O) groups is 1. The predicted molar refractivity (Wildman–Crippen MR) is 91.2 cm³/mol. The minimum absolute atomic E-state index is 0.0471. The van der Waals surface area contributed by atoms with Gasteiger partial charge in [-0.1, -0.05) is 55.3 Å². The van der Waals surface area contributed by atoms with Gasteiger partial charge in [0.1, 0.15) is 0 Å².